The van der Waals surface area contributed by atoms with E-state index in [1.807, 2.05) is 48.5 Å². The Bertz CT molecular complexity index is 894. The summed E-state index contributed by atoms with van der Waals surface area (Å²) in [5, 5.41) is 1.69. The van der Waals surface area contributed by atoms with Gasteiger partial charge in [0, 0.05) is 22.2 Å². The van der Waals surface area contributed by atoms with Crippen LogP contribution in [0.25, 0.3) is 33.3 Å². The zero-order valence-corrected chi connectivity index (χ0v) is 11.2. The van der Waals surface area contributed by atoms with Gasteiger partial charge in [0.15, 0.2) is 0 Å². The quantitative estimate of drug-likeness (QED) is 0.560. The highest BCUT2D eigenvalue weighted by atomic mass is 35.5. The Hall–Kier alpha value is -2.39. The monoisotopic (exact) mass is 279 g/mol. The Morgan fingerprint density at radius 1 is 1.00 bits per heavy atom. The molecule has 0 bridgehead atoms. The molecule has 4 heteroatoms. The van der Waals surface area contributed by atoms with Gasteiger partial charge in [-0.15, -0.1) is 0 Å². The number of hydrogen-bond acceptors (Lipinski definition) is 2. The maximum Gasteiger partial charge on any atom is 0.140 e. The molecule has 1 N–H and O–H groups in total. The number of H-pyrrole nitrogens is 1. The largest absolute Gasteiger partial charge is 0.338 e. The molecule has 3 nitrogen and oxygen atoms in total. The average molecular weight is 280 g/mol. The van der Waals surface area contributed by atoms with Gasteiger partial charge >= 0.3 is 0 Å². The van der Waals surface area contributed by atoms with Crippen LogP contribution >= 0.6 is 11.6 Å². The minimum absolute atomic E-state index is 0.681. The average Bonchev–Trinajstić information content (AvgIpc) is 2.90. The molecule has 0 atom stereocenters. The maximum atomic E-state index is 6.20. The molecule has 2 aromatic carbocycles. The van der Waals surface area contributed by atoms with Gasteiger partial charge in [0.1, 0.15) is 5.82 Å². The molecule has 0 aliphatic heterocycles. The van der Waals surface area contributed by atoms with E-state index in [9.17, 15) is 0 Å². The summed E-state index contributed by atoms with van der Waals surface area (Å²) in [6.07, 6.45) is 1.78. The van der Waals surface area contributed by atoms with Crippen LogP contribution in [0.2, 0.25) is 5.02 Å². The first-order chi connectivity index (χ1) is 9.81. The van der Waals surface area contributed by atoms with Crippen LogP contribution in [0.5, 0.6) is 0 Å². The maximum absolute atomic E-state index is 6.20. The van der Waals surface area contributed by atoms with Gasteiger partial charge in [-0.3, -0.25) is 4.98 Å². The van der Waals surface area contributed by atoms with Gasteiger partial charge in [0.2, 0.25) is 0 Å². The smallest absolute Gasteiger partial charge is 0.140 e. The number of imidazole rings is 1. The summed E-state index contributed by atoms with van der Waals surface area (Å²) < 4.78 is 0. The number of pyridine rings is 1. The number of nitrogens with one attached hydrogen (secondary N) is 1. The Kier molecular flexibility index (Phi) is 2.47. The molecular formula is C16H10ClN3. The molecule has 0 amide bonds. The van der Waals surface area contributed by atoms with Gasteiger partial charge in [0.25, 0.3) is 0 Å². The van der Waals surface area contributed by atoms with Crippen LogP contribution in [-0.2, 0) is 0 Å². The second-order valence-corrected chi connectivity index (χ2v) is 5.07. The first-order valence-electron chi connectivity index (χ1n) is 6.31. The summed E-state index contributed by atoms with van der Waals surface area (Å²) in [6.45, 7) is 0. The standard InChI is InChI=1S/C16H10ClN3/c17-11-8-10-4-3-7-18-15(10)12(9-11)16-19-13-5-1-2-6-14(13)20-16/h1-9H,(H,19,20). The fraction of sp³-hybridized carbons (Fsp3) is 0. The molecule has 0 aliphatic rings. The molecule has 0 spiro atoms. The number of fused-ring (bicyclic) bond motifs is 2. The predicted octanol–water partition coefficient (Wildman–Crippen LogP) is 4.43. The van der Waals surface area contributed by atoms with Crippen LogP contribution in [-0.4, -0.2) is 15.0 Å². The second kappa shape index (κ2) is 4.32. The van der Waals surface area contributed by atoms with Gasteiger partial charge in [-0.05, 0) is 30.3 Å². The summed E-state index contributed by atoms with van der Waals surface area (Å²) in [4.78, 5) is 12.4. The van der Waals surface area contributed by atoms with E-state index in [0.717, 1.165) is 33.3 Å². The summed E-state index contributed by atoms with van der Waals surface area (Å²) in [5.41, 5.74) is 3.76. The molecule has 2 aromatic heterocycles. The minimum atomic E-state index is 0.681. The van der Waals surface area contributed by atoms with Crippen molar-refractivity contribution in [1.82, 2.24) is 15.0 Å². The van der Waals surface area contributed by atoms with E-state index in [1.54, 1.807) is 6.20 Å². The zero-order valence-electron chi connectivity index (χ0n) is 10.5. The van der Waals surface area contributed by atoms with Crippen molar-refractivity contribution >= 4 is 33.5 Å². The fourth-order valence-electron chi connectivity index (χ4n) is 2.42. The van der Waals surface area contributed by atoms with Crippen LogP contribution in [0, 0.1) is 0 Å². The van der Waals surface area contributed by atoms with Gasteiger partial charge in [-0.2, -0.15) is 0 Å². The van der Waals surface area contributed by atoms with Crippen LogP contribution in [0.1, 0.15) is 0 Å². The van der Waals surface area contributed by atoms with Crippen molar-refractivity contribution in [3.8, 4) is 11.4 Å². The number of rotatable bonds is 1. The van der Waals surface area contributed by atoms with E-state index in [1.165, 1.54) is 0 Å². The molecule has 4 aromatic rings. The lowest BCUT2D eigenvalue weighted by Crippen LogP contribution is -1.86. The highest BCUT2D eigenvalue weighted by Crippen LogP contribution is 2.30. The summed E-state index contributed by atoms with van der Waals surface area (Å²) >= 11 is 6.20. The Balaban J connectivity index is 2.06. The molecule has 4 rings (SSSR count). The molecule has 0 radical (unpaired) electrons. The van der Waals surface area contributed by atoms with Crippen LogP contribution in [0.15, 0.2) is 54.7 Å². The molecule has 96 valence electrons. The highest BCUT2D eigenvalue weighted by molar-refractivity contribution is 6.31. The van der Waals surface area contributed by atoms with Gasteiger partial charge in [0.05, 0.1) is 16.6 Å². The molecule has 2 heterocycles. The van der Waals surface area contributed by atoms with Gasteiger partial charge in [-0.1, -0.05) is 29.8 Å². The SMILES string of the molecule is Clc1cc(-c2nc3ccccc3[nH]2)c2ncccc2c1. The van der Waals surface area contributed by atoms with Crippen LogP contribution < -0.4 is 0 Å². The minimum Gasteiger partial charge on any atom is -0.338 e. The molecule has 0 saturated heterocycles. The van der Waals surface area contributed by atoms with Crippen molar-refractivity contribution in [3.05, 3.63) is 59.8 Å². The summed E-state index contributed by atoms with van der Waals surface area (Å²) in [5.74, 6) is 0.789. The molecule has 0 fully saturated rings. The van der Waals surface area contributed by atoms with Crippen molar-refractivity contribution in [2.45, 2.75) is 0 Å². The number of para-hydroxylation sites is 2. The number of halogens is 1. The topological polar surface area (TPSA) is 41.6 Å². The van der Waals surface area contributed by atoms with Crippen molar-refractivity contribution in [2.24, 2.45) is 0 Å². The van der Waals surface area contributed by atoms with Crippen molar-refractivity contribution < 1.29 is 0 Å². The summed E-state index contributed by atoms with van der Waals surface area (Å²) in [6, 6.07) is 15.7. The predicted molar refractivity (Wildman–Crippen MR) is 81.8 cm³/mol. The number of hydrogen-bond donors (Lipinski definition) is 1. The lowest BCUT2D eigenvalue weighted by Gasteiger charge is -2.04. The highest BCUT2D eigenvalue weighted by Gasteiger charge is 2.10. The molecule has 0 unspecified atom stereocenters. The third-order valence-electron chi connectivity index (χ3n) is 3.31. The molecule has 20 heavy (non-hydrogen) atoms. The van der Waals surface area contributed by atoms with Crippen LogP contribution in [0.4, 0.5) is 0 Å². The van der Waals surface area contributed by atoms with E-state index in [2.05, 4.69) is 15.0 Å². The second-order valence-electron chi connectivity index (χ2n) is 4.63. The third-order valence-corrected chi connectivity index (χ3v) is 3.53. The zero-order chi connectivity index (χ0) is 13.5. The van der Waals surface area contributed by atoms with Crippen LogP contribution in [0.3, 0.4) is 0 Å². The number of aromatic nitrogens is 3. The Morgan fingerprint density at radius 3 is 2.80 bits per heavy atom. The Labute approximate surface area is 120 Å². The van der Waals surface area contributed by atoms with Gasteiger partial charge < -0.3 is 4.98 Å². The van der Waals surface area contributed by atoms with E-state index in [4.69, 9.17) is 11.6 Å². The Morgan fingerprint density at radius 2 is 1.90 bits per heavy atom. The number of nitrogens with zero attached hydrogens (tertiary/aromatic N) is 2. The summed E-state index contributed by atoms with van der Waals surface area (Å²) in [7, 11) is 0. The first kappa shape index (κ1) is 11.4. The molecule has 0 saturated carbocycles. The fourth-order valence-corrected chi connectivity index (χ4v) is 2.64. The number of aromatic amines is 1. The van der Waals surface area contributed by atoms with E-state index < -0.39 is 0 Å². The lowest BCUT2D eigenvalue weighted by molar-refractivity contribution is 1.32. The van der Waals surface area contributed by atoms with Crippen molar-refractivity contribution in [1.29, 1.82) is 0 Å². The van der Waals surface area contributed by atoms with Crippen molar-refractivity contribution in [3.63, 3.8) is 0 Å². The van der Waals surface area contributed by atoms with Crippen molar-refractivity contribution in [2.75, 3.05) is 0 Å². The van der Waals surface area contributed by atoms with E-state index in [0.29, 0.717) is 5.02 Å². The normalized spacial score (nSPS) is 11.2. The number of benzene rings is 2. The first-order valence-corrected chi connectivity index (χ1v) is 6.68. The van der Waals surface area contributed by atoms with E-state index in [-0.39, 0.29) is 0 Å². The molecule has 0 aliphatic carbocycles. The van der Waals surface area contributed by atoms with Gasteiger partial charge in [-0.25, -0.2) is 4.98 Å². The lowest BCUT2D eigenvalue weighted by atomic mass is 10.1. The van der Waals surface area contributed by atoms with E-state index >= 15 is 0 Å². The molecular weight excluding hydrogens is 270 g/mol. The third kappa shape index (κ3) is 1.75.